The van der Waals surface area contributed by atoms with Crippen LogP contribution in [0.3, 0.4) is 0 Å². The summed E-state index contributed by atoms with van der Waals surface area (Å²) in [5.41, 5.74) is 2.03. The predicted molar refractivity (Wildman–Crippen MR) is 86.6 cm³/mol. The Morgan fingerprint density at radius 3 is 3.00 bits per heavy atom. The molecule has 1 saturated heterocycles. The Morgan fingerprint density at radius 1 is 1.30 bits per heavy atom. The highest BCUT2D eigenvalue weighted by atomic mass is 32.2. The number of aryl methyl sites for hydroxylation is 1. The van der Waals surface area contributed by atoms with Gasteiger partial charge in [0.25, 0.3) is 0 Å². The van der Waals surface area contributed by atoms with E-state index in [9.17, 15) is 0 Å². The Balaban J connectivity index is 1.96. The Bertz CT molecular complexity index is 753. The summed E-state index contributed by atoms with van der Waals surface area (Å²) < 4.78 is 2.36. The van der Waals surface area contributed by atoms with Gasteiger partial charge in [-0.25, -0.2) is 9.97 Å². The van der Waals surface area contributed by atoms with Crippen molar-refractivity contribution in [3.8, 4) is 10.7 Å². The number of thiophene rings is 1. The van der Waals surface area contributed by atoms with Gasteiger partial charge in [0, 0.05) is 22.9 Å². The van der Waals surface area contributed by atoms with Gasteiger partial charge < -0.3 is 4.57 Å². The minimum absolute atomic E-state index is 0.525. The van der Waals surface area contributed by atoms with Crippen molar-refractivity contribution in [2.45, 2.75) is 19.4 Å². The Kier molecular flexibility index (Phi) is 3.04. The molecule has 0 saturated carbocycles. The molecule has 3 aromatic rings. The predicted octanol–water partition coefficient (Wildman–Crippen LogP) is 4.15. The zero-order valence-corrected chi connectivity index (χ0v) is 12.9. The van der Waals surface area contributed by atoms with Crippen molar-refractivity contribution in [3.05, 3.63) is 35.3 Å². The van der Waals surface area contributed by atoms with Crippen LogP contribution in [-0.2, 0) is 0 Å². The van der Waals surface area contributed by atoms with Gasteiger partial charge in [0.2, 0.25) is 0 Å². The normalized spacial score (nSPS) is 18.9. The molecule has 102 valence electrons. The number of pyridine rings is 1. The van der Waals surface area contributed by atoms with E-state index in [1.807, 2.05) is 35.4 Å². The minimum Gasteiger partial charge on any atom is -0.304 e. The van der Waals surface area contributed by atoms with Crippen molar-refractivity contribution in [1.29, 1.82) is 0 Å². The first-order valence-corrected chi connectivity index (χ1v) is 8.77. The van der Waals surface area contributed by atoms with Crippen molar-refractivity contribution < 1.29 is 0 Å². The van der Waals surface area contributed by atoms with Crippen LogP contribution < -0.4 is 0 Å². The molecule has 5 heteroatoms. The van der Waals surface area contributed by atoms with E-state index < -0.39 is 0 Å². The average molecular weight is 301 g/mol. The van der Waals surface area contributed by atoms with Gasteiger partial charge in [-0.05, 0) is 43.4 Å². The number of nitrogens with zero attached hydrogens (tertiary/aromatic N) is 3. The first-order chi connectivity index (χ1) is 9.83. The van der Waals surface area contributed by atoms with Crippen molar-refractivity contribution in [1.82, 2.24) is 14.5 Å². The molecule has 0 aliphatic carbocycles. The molecular weight excluding hydrogens is 286 g/mol. The highest BCUT2D eigenvalue weighted by Gasteiger charge is 2.24. The molecule has 0 radical (unpaired) electrons. The fraction of sp³-hybridized carbons (Fsp3) is 0.333. The summed E-state index contributed by atoms with van der Waals surface area (Å²) in [6, 6.07) is 8.90. The molecule has 3 nitrogen and oxygen atoms in total. The maximum Gasteiger partial charge on any atom is 0.160 e. The lowest BCUT2D eigenvalue weighted by Crippen LogP contribution is -2.09. The maximum absolute atomic E-state index is 4.84. The number of thioether (sulfide) groups is 1. The zero-order chi connectivity index (χ0) is 13.5. The van der Waals surface area contributed by atoms with Gasteiger partial charge in [-0.1, -0.05) is 0 Å². The molecule has 1 atom stereocenters. The summed E-state index contributed by atoms with van der Waals surface area (Å²) in [6.07, 6.45) is 3.08. The van der Waals surface area contributed by atoms with E-state index in [4.69, 9.17) is 4.98 Å². The van der Waals surface area contributed by atoms with Crippen LogP contribution in [0.4, 0.5) is 0 Å². The van der Waals surface area contributed by atoms with Crippen LogP contribution in [0.5, 0.6) is 0 Å². The van der Waals surface area contributed by atoms with Gasteiger partial charge in [0.1, 0.15) is 5.52 Å². The van der Waals surface area contributed by atoms with Crippen LogP contribution >= 0.6 is 23.1 Å². The average Bonchev–Trinajstić information content (AvgIpc) is 3.15. The Morgan fingerprint density at radius 2 is 2.25 bits per heavy atom. The van der Waals surface area contributed by atoms with Crippen LogP contribution in [0, 0.1) is 6.92 Å². The van der Waals surface area contributed by atoms with E-state index in [-0.39, 0.29) is 0 Å². The highest BCUT2D eigenvalue weighted by Crippen LogP contribution is 2.36. The summed E-state index contributed by atoms with van der Waals surface area (Å²) in [5.74, 6) is 3.49. The molecule has 3 aromatic heterocycles. The number of fused-ring (bicyclic) bond motifs is 1. The third kappa shape index (κ3) is 1.96. The van der Waals surface area contributed by atoms with Gasteiger partial charge >= 0.3 is 0 Å². The number of hydrogen-bond acceptors (Lipinski definition) is 4. The molecule has 0 amide bonds. The lowest BCUT2D eigenvalue weighted by atomic mass is 10.2. The molecule has 20 heavy (non-hydrogen) atoms. The highest BCUT2D eigenvalue weighted by molar-refractivity contribution is 7.99. The first kappa shape index (κ1) is 12.4. The number of imidazole rings is 1. The molecule has 0 aromatic carbocycles. The van der Waals surface area contributed by atoms with Crippen LogP contribution in [0.15, 0.2) is 30.5 Å². The van der Waals surface area contributed by atoms with Crippen molar-refractivity contribution >= 4 is 34.3 Å². The second-order valence-corrected chi connectivity index (χ2v) is 7.52. The Hall–Kier alpha value is -1.33. The summed E-state index contributed by atoms with van der Waals surface area (Å²) in [5, 5.41) is 0. The lowest BCUT2D eigenvalue weighted by molar-refractivity contribution is 0.578. The molecular formula is C15H15N3S2. The second-order valence-electron chi connectivity index (χ2n) is 5.08. The third-order valence-electron chi connectivity index (χ3n) is 3.68. The largest absolute Gasteiger partial charge is 0.304 e. The summed E-state index contributed by atoms with van der Waals surface area (Å²) in [6.45, 7) is 2.14. The number of rotatable bonds is 2. The molecule has 1 aliphatic rings. The van der Waals surface area contributed by atoms with Gasteiger partial charge in [0.05, 0.1) is 4.88 Å². The standard InChI is InChI=1S/C15H15N3S2/c1-10-4-5-13(20-10)15-17-12-3-2-7-16-14(12)18(15)11-6-8-19-9-11/h2-5,7,11H,6,8-9H2,1H3. The summed E-state index contributed by atoms with van der Waals surface area (Å²) in [7, 11) is 0. The smallest absolute Gasteiger partial charge is 0.160 e. The molecule has 1 fully saturated rings. The fourth-order valence-corrected chi connectivity index (χ4v) is 4.78. The molecule has 1 unspecified atom stereocenters. The topological polar surface area (TPSA) is 30.7 Å². The van der Waals surface area contributed by atoms with E-state index >= 15 is 0 Å². The van der Waals surface area contributed by atoms with Crippen molar-refractivity contribution in [2.75, 3.05) is 11.5 Å². The monoisotopic (exact) mass is 301 g/mol. The maximum atomic E-state index is 4.84. The SMILES string of the molecule is Cc1ccc(-c2nc3cccnc3n2C2CCSC2)s1. The molecule has 1 aliphatic heterocycles. The van der Waals surface area contributed by atoms with Gasteiger partial charge in [-0.2, -0.15) is 11.8 Å². The number of aromatic nitrogens is 3. The van der Waals surface area contributed by atoms with Crippen LogP contribution in [-0.4, -0.2) is 26.0 Å². The van der Waals surface area contributed by atoms with E-state index in [1.54, 1.807) is 0 Å². The zero-order valence-electron chi connectivity index (χ0n) is 11.2. The van der Waals surface area contributed by atoms with E-state index in [0.29, 0.717) is 6.04 Å². The molecule has 4 rings (SSSR count). The quantitative estimate of drug-likeness (QED) is 0.712. The fourth-order valence-electron chi connectivity index (χ4n) is 2.73. The Labute approximate surface area is 126 Å². The van der Waals surface area contributed by atoms with Crippen molar-refractivity contribution in [3.63, 3.8) is 0 Å². The molecule has 0 bridgehead atoms. The molecule has 0 N–H and O–H groups in total. The van der Waals surface area contributed by atoms with Gasteiger partial charge in [-0.15, -0.1) is 11.3 Å². The van der Waals surface area contributed by atoms with Crippen LogP contribution in [0.1, 0.15) is 17.3 Å². The second kappa shape index (κ2) is 4.90. The van der Waals surface area contributed by atoms with E-state index in [1.165, 1.54) is 27.7 Å². The van der Waals surface area contributed by atoms with Gasteiger partial charge in [0.15, 0.2) is 11.5 Å². The summed E-state index contributed by atoms with van der Waals surface area (Å²) in [4.78, 5) is 12.0. The van der Waals surface area contributed by atoms with Crippen LogP contribution in [0.2, 0.25) is 0 Å². The van der Waals surface area contributed by atoms with Crippen molar-refractivity contribution in [2.24, 2.45) is 0 Å². The number of hydrogen-bond donors (Lipinski definition) is 0. The van der Waals surface area contributed by atoms with E-state index in [2.05, 4.69) is 34.7 Å². The molecule has 4 heterocycles. The lowest BCUT2D eigenvalue weighted by Gasteiger charge is -2.14. The first-order valence-electron chi connectivity index (χ1n) is 6.80. The van der Waals surface area contributed by atoms with Gasteiger partial charge in [-0.3, -0.25) is 0 Å². The third-order valence-corrected chi connectivity index (χ3v) is 5.82. The summed E-state index contributed by atoms with van der Waals surface area (Å²) >= 11 is 3.84. The molecule has 0 spiro atoms. The minimum atomic E-state index is 0.525. The van der Waals surface area contributed by atoms with E-state index in [0.717, 1.165) is 17.0 Å². The van der Waals surface area contributed by atoms with Crippen LogP contribution in [0.25, 0.3) is 21.9 Å².